The van der Waals surface area contributed by atoms with E-state index in [1.807, 2.05) is 0 Å². The van der Waals surface area contributed by atoms with Crippen LogP contribution in [0, 0.1) is 5.92 Å². The molecule has 1 aliphatic carbocycles. The molecule has 1 saturated carbocycles. The van der Waals surface area contributed by atoms with Crippen molar-refractivity contribution in [3.8, 4) is 0 Å². The van der Waals surface area contributed by atoms with Gasteiger partial charge in [0.15, 0.2) is 0 Å². The SMILES string of the molecule is NNc1cc(NCC2CCC(O)C2)nc(C(F)(F)F)n1. The number of aromatic nitrogens is 2. The number of nitrogens with zero attached hydrogens (tertiary/aromatic N) is 2. The molecule has 0 radical (unpaired) electrons. The predicted octanol–water partition coefficient (Wildman–Crippen LogP) is 1.35. The Morgan fingerprint density at radius 1 is 1.30 bits per heavy atom. The molecule has 5 N–H and O–H groups in total. The topological polar surface area (TPSA) is 96.1 Å². The lowest BCUT2D eigenvalue weighted by atomic mass is 10.1. The normalized spacial score (nSPS) is 22.9. The van der Waals surface area contributed by atoms with Crippen LogP contribution < -0.4 is 16.6 Å². The zero-order chi connectivity index (χ0) is 14.8. The van der Waals surface area contributed by atoms with E-state index >= 15 is 0 Å². The van der Waals surface area contributed by atoms with Gasteiger partial charge in [-0.15, -0.1) is 0 Å². The van der Waals surface area contributed by atoms with Gasteiger partial charge in [-0.1, -0.05) is 0 Å². The van der Waals surface area contributed by atoms with Crippen LogP contribution in [0.2, 0.25) is 0 Å². The minimum Gasteiger partial charge on any atom is -0.393 e. The van der Waals surface area contributed by atoms with Gasteiger partial charge in [-0.2, -0.15) is 13.2 Å². The van der Waals surface area contributed by atoms with Gasteiger partial charge in [-0.05, 0) is 25.2 Å². The summed E-state index contributed by atoms with van der Waals surface area (Å²) >= 11 is 0. The van der Waals surface area contributed by atoms with Gasteiger partial charge in [-0.25, -0.2) is 15.8 Å². The summed E-state index contributed by atoms with van der Waals surface area (Å²) in [5.41, 5.74) is 2.08. The van der Waals surface area contributed by atoms with Gasteiger partial charge in [-0.3, -0.25) is 0 Å². The first kappa shape index (κ1) is 14.8. The second-order valence-corrected chi connectivity index (χ2v) is 4.82. The first-order valence-electron chi connectivity index (χ1n) is 6.23. The van der Waals surface area contributed by atoms with Crippen LogP contribution in [-0.4, -0.2) is 27.7 Å². The van der Waals surface area contributed by atoms with Crippen LogP contribution >= 0.6 is 0 Å². The van der Waals surface area contributed by atoms with Crippen LogP contribution in [0.1, 0.15) is 25.1 Å². The maximum atomic E-state index is 12.6. The van der Waals surface area contributed by atoms with Gasteiger partial charge in [0.2, 0.25) is 5.82 Å². The quantitative estimate of drug-likeness (QED) is 0.494. The van der Waals surface area contributed by atoms with E-state index in [-0.39, 0.29) is 23.7 Å². The summed E-state index contributed by atoms with van der Waals surface area (Å²) in [7, 11) is 0. The standard InChI is InChI=1S/C11H16F3N5O/c12-11(13,14)10-17-8(4-9(18-10)19-15)16-5-6-1-2-7(20)3-6/h4,6-7,20H,1-3,5,15H2,(H2,16,17,18,19). The summed E-state index contributed by atoms with van der Waals surface area (Å²) in [4.78, 5) is 6.69. The average molecular weight is 291 g/mol. The van der Waals surface area contributed by atoms with Crippen molar-refractivity contribution < 1.29 is 18.3 Å². The molecule has 0 amide bonds. The fourth-order valence-corrected chi connectivity index (χ4v) is 2.22. The van der Waals surface area contributed by atoms with Crippen molar-refractivity contribution in [2.75, 3.05) is 17.3 Å². The molecule has 1 aromatic heterocycles. The van der Waals surface area contributed by atoms with E-state index in [4.69, 9.17) is 5.84 Å². The molecule has 0 spiro atoms. The number of hydrogen-bond acceptors (Lipinski definition) is 6. The van der Waals surface area contributed by atoms with Gasteiger partial charge in [0.05, 0.1) is 6.10 Å². The Morgan fingerprint density at radius 3 is 2.55 bits per heavy atom. The van der Waals surface area contributed by atoms with Crippen molar-refractivity contribution >= 4 is 11.6 Å². The van der Waals surface area contributed by atoms with Gasteiger partial charge in [0.25, 0.3) is 0 Å². The number of nitrogen functional groups attached to an aromatic ring is 1. The Labute approximate surface area is 113 Å². The van der Waals surface area contributed by atoms with Crippen molar-refractivity contribution in [1.29, 1.82) is 0 Å². The summed E-state index contributed by atoms with van der Waals surface area (Å²) in [6.45, 7) is 0.454. The molecule has 2 atom stereocenters. The van der Waals surface area contributed by atoms with Crippen molar-refractivity contribution in [3.05, 3.63) is 11.9 Å². The monoisotopic (exact) mass is 291 g/mol. The molecular formula is C11H16F3N5O. The summed E-state index contributed by atoms with van der Waals surface area (Å²) in [6.07, 6.45) is -2.74. The lowest BCUT2D eigenvalue weighted by Crippen LogP contribution is -2.19. The molecule has 6 nitrogen and oxygen atoms in total. The molecule has 20 heavy (non-hydrogen) atoms. The number of nitrogens with one attached hydrogen (secondary N) is 2. The Bertz CT molecular complexity index is 468. The predicted molar refractivity (Wildman–Crippen MR) is 66.7 cm³/mol. The lowest BCUT2D eigenvalue weighted by molar-refractivity contribution is -0.144. The van der Waals surface area contributed by atoms with Crippen LogP contribution in [0.15, 0.2) is 6.07 Å². The Balaban J connectivity index is 2.07. The number of rotatable bonds is 4. The van der Waals surface area contributed by atoms with Gasteiger partial charge >= 0.3 is 6.18 Å². The molecule has 0 bridgehead atoms. The number of hydrazine groups is 1. The smallest absolute Gasteiger partial charge is 0.393 e. The van der Waals surface area contributed by atoms with E-state index in [1.165, 1.54) is 6.07 Å². The van der Waals surface area contributed by atoms with E-state index in [2.05, 4.69) is 20.7 Å². The van der Waals surface area contributed by atoms with E-state index < -0.39 is 12.0 Å². The molecule has 1 aromatic rings. The number of aliphatic hydroxyl groups is 1. The van der Waals surface area contributed by atoms with Crippen molar-refractivity contribution in [3.63, 3.8) is 0 Å². The Morgan fingerprint density at radius 2 is 2.00 bits per heavy atom. The third kappa shape index (κ3) is 3.70. The number of alkyl halides is 3. The minimum atomic E-state index is -4.63. The molecular weight excluding hydrogens is 275 g/mol. The fourth-order valence-electron chi connectivity index (χ4n) is 2.22. The molecule has 0 saturated heterocycles. The first-order chi connectivity index (χ1) is 9.38. The van der Waals surface area contributed by atoms with Crippen LogP contribution in [0.5, 0.6) is 0 Å². The highest BCUT2D eigenvalue weighted by molar-refractivity contribution is 5.47. The van der Waals surface area contributed by atoms with Gasteiger partial charge < -0.3 is 15.8 Å². The summed E-state index contributed by atoms with van der Waals surface area (Å²) < 4.78 is 37.9. The maximum absolute atomic E-state index is 12.6. The number of anilines is 2. The molecule has 2 rings (SSSR count). The second kappa shape index (κ2) is 5.80. The van der Waals surface area contributed by atoms with Gasteiger partial charge in [0.1, 0.15) is 11.6 Å². The largest absolute Gasteiger partial charge is 0.451 e. The fraction of sp³-hybridized carbons (Fsp3) is 0.636. The van der Waals surface area contributed by atoms with Gasteiger partial charge in [0, 0.05) is 12.6 Å². The van der Waals surface area contributed by atoms with Crippen LogP contribution in [-0.2, 0) is 6.18 Å². The van der Waals surface area contributed by atoms with Crippen LogP contribution in [0.4, 0.5) is 24.8 Å². The van der Waals surface area contributed by atoms with E-state index in [1.54, 1.807) is 0 Å². The molecule has 0 aliphatic heterocycles. The zero-order valence-electron chi connectivity index (χ0n) is 10.6. The molecule has 9 heteroatoms. The minimum absolute atomic E-state index is 0.0571. The van der Waals surface area contributed by atoms with E-state index in [9.17, 15) is 18.3 Å². The van der Waals surface area contributed by atoms with Crippen LogP contribution in [0.3, 0.4) is 0 Å². The number of aliphatic hydroxyl groups excluding tert-OH is 1. The third-order valence-electron chi connectivity index (χ3n) is 3.21. The van der Waals surface area contributed by atoms with Crippen LogP contribution in [0.25, 0.3) is 0 Å². The highest BCUT2D eigenvalue weighted by Gasteiger charge is 2.35. The summed E-state index contributed by atoms with van der Waals surface area (Å²) in [5.74, 6) is 4.02. The Kier molecular flexibility index (Phi) is 4.29. The second-order valence-electron chi connectivity index (χ2n) is 4.82. The van der Waals surface area contributed by atoms with E-state index in [0.29, 0.717) is 13.0 Å². The third-order valence-corrected chi connectivity index (χ3v) is 3.21. The lowest BCUT2D eigenvalue weighted by Gasteiger charge is -2.14. The summed E-state index contributed by atoms with van der Waals surface area (Å²) in [6, 6.07) is 1.31. The molecule has 1 fully saturated rings. The molecule has 112 valence electrons. The molecule has 1 aliphatic rings. The highest BCUT2D eigenvalue weighted by Crippen LogP contribution is 2.29. The Hall–Kier alpha value is -1.61. The number of nitrogens with two attached hydrogens (primary N) is 1. The van der Waals surface area contributed by atoms with E-state index in [0.717, 1.165) is 12.8 Å². The highest BCUT2D eigenvalue weighted by atomic mass is 19.4. The number of halogens is 3. The summed E-state index contributed by atoms with van der Waals surface area (Å²) in [5, 5.41) is 12.2. The zero-order valence-corrected chi connectivity index (χ0v) is 10.6. The molecule has 1 heterocycles. The number of hydrogen-bond donors (Lipinski definition) is 4. The molecule has 0 aromatic carbocycles. The van der Waals surface area contributed by atoms with Crippen molar-refractivity contribution in [2.24, 2.45) is 11.8 Å². The molecule has 2 unspecified atom stereocenters. The van der Waals surface area contributed by atoms with Crippen molar-refractivity contribution in [2.45, 2.75) is 31.5 Å². The van der Waals surface area contributed by atoms with Crippen molar-refractivity contribution in [1.82, 2.24) is 9.97 Å². The maximum Gasteiger partial charge on any atom is 0.451 e. The average Bonchev–Trinajstić information content (AvgIpc) is 2.81. The first-order valence-corrected chi connectivity index (χ1v) is 6.23.